The van der Waals surface area contributed by atoms with Crippen LogP contribution in [-0.4, -0.2) is 21.4 Å². The Morgan fingerprint density at radius 1 is 0.714 bits per heavy atom. The van der Waals surface area contributed by atoms with Crippen molar-refractivity contribution in [3.05, 3.63) is 95.7 Å². The van der Waals surface area contributed by atoms with E-state index in [9.17, 15) is 0 Å². The van der Waals surface area contributed by atoms with E-state index in [2.05, 4.69) is 158 Å². The van der Waals surface area contributed by atoms with Gasteiger partial charge in [-0.05, 0) is 52.3 Å². The molecule has 0 unspecified atom stereocenters. The van der Waals surface area contributed by atoms with Crippen LogP contribution in [0.25, 0.3) is 0 Å². The average molecular weight is 468 g/mol. The highest BCUT2D eigenvalue weighted by Gasteiger charge is 2.48. The summed E-state index contributed by atoms with van der Waals surface area (Å²) in [7, 11) is 0. The zero-order valence-corrected chi connectivity index (χ0v) is 23.4. The molecule has 2 aliphatic rings. The van der Waals surface area contributed by atoms with Crippen molar-refractivity contribution in [1.29, 1.82) is 0 Å². The van der Waals surface area contributed by atoms with Crippen molar-refractivity contribution in [3.8, 4) is 0 Å². The Kier molecular flexibility index (Phi) is 6.03. The van der Waals surface area contributed by atoms with Crippen molar-refractivity contribution in [1.82, 2.24) is 0 Å². The number of fused-ring (bicyclic) bond motifs is 2. The summed E-state index contributed by atoms with van der Waals surface area (Å²) in [6.45, 7) is 23.1. The molecular weight excluding hydrogens is 424 g/mol. The molecule has 2 heteroatoms. The fraction of sp³-hybridized carbons (Fsp3) is 0.424. The third-order valence-electron chi connectivity index (χ3n) is 7.47. The maximum Gasteiger partial charge on any atom is 0.210 e. The smallest absolute Gasteiger partial charge is 0.210 e. The summed E-state index contributed by atoms with van der Waals surface area (Å²) >= 11 is 0. The maximum atomic E-state index is 2.50. The van der Waals surface area contributed by atoms with Gasteiger partial charge in [0.2, 0.25) is 5.69 Å². The molecule has 4 rings (SSSR count). The van der Waals surface area contributed by atoms with Crippen molar-refractivity contribution < 1.29 is 4.58 Å². The molecular formula is C33H43N2+. The molecule has 0 bridgehead atoms. The summed E-state index contributed by atoms with van der Waals surface area (Å²) in [5.41, 5.74) is 8.05. The van der Waals surface area contributed by atoms with Gasteiger partial charge in [0, 0.05) is 60.8 Å². The number of rotatable bonds is 3. The number of anilines is 1. The monoisotopic (exact) mass is 467 g/mol. The molecule has 0 saturated heterocycles. The van der Waals surface area contributed by atoms with E-state index in [1.54, 1.807) is 0 Å². The summed E-state index contributed by atoms with van der Waals surface area (Å²) in [6, 6.07) is 17.7. The van der Waals surface area contributed by atoms with Crippen LogP contribution >= 0.6 is 0 Å². The van der Waals surface area contributed by atoms with E-state index >= 15 is 0 Å². The first-order valence-corrected chi connectivity index (χ1v) is 12.9. The molecule has 35 heavy (non-hydrogen) atoms. The Balaban J connectivity index is 1.70. The Morgan fingerprint density at radius 2 is 1.31 bits per heavy atom. The normalized spacial score (nSPS) is 20.4. The van der Waals surface area contributed by atoms with Crippen LogP contribution in [0.15, 0.2) is 84.6 Å². The van der Waals surface area contributed by atoms with Crippen LogP contribution in [-0.2, 0) is 10.8 Å². The summed E-state index contributed by atoms with van der Waals surface area (Å²) in [4.78, 5) is 2.50. The average Bonchev–Trinajstić information content (AvgIpc) is 3.12. The van der Waals surface area contributed by atoms with Crippen LogP contribution in [0.5, 0.6) is 0 Å². The van der Waals surface area contributed by atoms with Gasteiger partial charge < -0.3 is 4.90 Å². The molecule has 0 saturated carbocycles. The van der Waals surface area contributed by atoms with Crippen LogP contribution in [0, 0.1) is 0 Å². The summed E-state index contributed by atoms with van der Waals surface area (Å²) in [6.07, 6.45) is 11.2. The lowest BCUT2D eigenvalue weighted by molar-refractivity contribution is -0.517. The zero-order valence-electron chi connectivity index (χ0n) is 23.4. The largest absolute Gasteiger partial charge is 0.339 e. The van der Waals surface area contributed by atoms with E-state index in [0.29, 0.717) is 0 Å². The second-order valence-electron chi connectivity index (χ2n) is 13.0. The first-order valence-electron chi connectivity index (χ1n) is 12.9. The van der Waals surface area contributed by atoms with Gasteiger partial charge in [0.15, 0.2) is 11.3 Å². The molecule has 2 nitrogen and oxygen atoms in total. The van der Waals surface area contributed by atoms with Crippen molar-refractivity contribution >= 4 is 17.1 Å². The first kappa shape index (κ1) is 25.2. The van der Waals surface area contributed by atoms with Gasteiger partial charge in [-0.25, -0.2) is 0 Å². The minimum atomic E-state index is -0.0369. The molecule has 0 N–H and O–H groups in total. The highest BCUT2D eigenvalue weighted by molar-refractivity contribution is 6.03. The second kappa shape index (κ2) is 8.36. The molecule has 2 aliphatic heterocycles. The van der Waals surface area contributed by atoms with Crippen LogP contribution in [0.4, 0.5) is 11.4 Å². The predicted molar refractivity (Wildman–Crippen MR) is 152 cm³/mol. The number of allylic oxidation sites excluding steroid dienone is 6. The summed E-state index contributed by atoms with van der Waals surface area (Å²) in [5, 5.41) is 0. The van der Waals surface area contributed by atoms with Gasteiger partial charge in [0.05, 0.1) is 5.41 Å². The van der Waals surface area contributed by atoms with Crippen LogP contribution in [0.1, 0.15) is 80.4 Å². The van der Waals surface area contributed by atoms with Gasteiger partial charge in [-0.1, -0.05) is 68.5 Å². The van der Waals surface area contributed by atoms with Gasteiger partial charge >= 0.3 is 0 Å². The van der Waals surface area contributed by atoms with E-state index in [1.807, 2.05) is 0 Å². The Bertz CT molecular complexity index is 1250. The standard InChI is InChI=1S/C33H43N2/c1-30(2,3)34-26-20-16-14-18-24(26)32(7,8)28(34)22-12-11-13-23-29-33(9,10)25-19-15-17-21-27(25)35(29)31(4,5)6/h11-23H,1-10H3/q+1. The van der Waals surface area contributed by atoms with E-state index < -0.39 is 0 Å². The van der Waals surface area contributed by atoms with E-state index in [4.69, 9.17) is 0 Å². The maximum absolute atomic E-state index is 2.50. The van der Waals surface area contributed by atoms with Crippen LogP contribution < -0.4 is 4.90 Å². The van der Waals surface area contributed by atoms with Crippen LogP contribution in [0.3, 0.4) is 0 Å². The lowest BCUT2D eigenvalue weighted by atomic mass is 9.81. The number of para-hydroxylation sites is 2. The molecule has 0 spiro atoms. The molecule has 0 radical (unpaired) electrons. The van der Waals surface area contributed by atoms with Crippen molar-refractivity contribution in [2.75, 3.05) is 4.90 Å². The molecule has 2 aromatic carbocycles. The van der Waals surface area contributed by atoms with Gasteiger partial charge in [-0.2, -0.15) is 4.58 Å². The summed E-state index contributed by atoms with van der Waals surface area (Å²) in [5.74, 6) is 0. The Hall–Kier alpha value is -2.87. The highest BCUT2D eigenvalue weighted by atomic mass is 15.2. The first-order chi connectivity index (χ1) is 16.2. The van der Waals surface area contributed by atoms with Gasteiger partial charge in [0.1, 0.15) is 0 Å². The SMILES string of the molecule is CC1(C)C(/C=C/C=C/C=C2/N(C(C)(C)C)c3ccccc3C2(C)C)=[N+](C(C)(C)C)c2ccccc21. The minimum absolute atomic E-state index is 0.00208. The number of benzene rings is 2. The Morgan fingerprint density at radius 3 is 1.94 bits per heavy atom. The topological polar surface area (TPSA) is 6.25 Å². The van der Waals surface area contributed by atoms with Gasteiger partial charge in [-0.15, -0.1) is 0 Å². The number of nitrogens with zero attached hydrogens (tertiary/aromatic N) is 2. The molecule has 0 fully saturated rings. The molecule has 184 valence electrons. The fourth-order valence-electron chi connectivity index (χ4n) is 5.86. The van der Waals surface area contributed by atoms with Crippen LogP contribution in [0.2, 0.25) is 0 Å². The summed E-state index contributed by atoms with van der Waals surface area (Å²) < 4.78 is 2.50. The molecule has 0 aromatic heterocycles. The molecule has 2 heterocycles. The lowest BCUT2D eigenvalue weighted by Crippen LogP contribution is -2.41. The minimum Gasteiger partial charge on any atom is -0.339 e. The van der Waals surface area contributed by atoms with Crippen molar-refractivity contribution in [2.24, 2.45) is 0 Å². The third kappa shape index (κ3) is 4.22. The van der Waals surface area contributed by atoms with Gasteiger partial charge in [-0.3, -0.25) is 0 Å². The Labute approximate surface area is 213 Å². The predicted octanol–water partition coefficient (Wildman–Crippen LogP) is 8.45. The lowest BCUT2D eigenvalue weighted by Gasteiger charge is -2.38. The number of hydrogen-bond acceptors (Lipinski definition) is 1. The molecule has 2 aromatic rings. The fourth-order valence-corrected chi connectivity index (χ4v) is 5.86. The quantitative estimate of drug-likeness (QED) is 0.324. The van der Waals surface area contributed by atoms with Crippen molar-refractivity contribution in [2.45, 2.75) is 91.1 Å². The van der Waals surface area contributed by atoms with Crippen molar-refractivity contribution in [3.63, 3.8) is 0 Å². The molecule has 0 aliphatic carbocycles. The van der Waals surface area contributed by atoms with E-state index in [0.717, 1.165) is 0 Å². The number of hydrogen-bond donors (Lipinski definition) is 0. The highest BCUT2D eigenvalue weighted by Crippen LogP contribution is 2.50. The third-order valence-corrected chi connectivity index (χ3v) is 7.47. The van der Waals surface area contributed by atoms with E-state index in [-0.39, 0.29) is 21.9 Å². The van der Waals surface area contributed by atoms with E-state index in [1.165, 1.54) is 33.9 Å². The second-order valence-corrected chi connectivity index (χ2v) is 13.0. The zero-order chi connectivity index (χ0) is 25.8. The molecule has 0 amide bonds. The van der Waals surface area contributed by atoms with Gasteiger partial charge in [0.25, 0.3) is 0 Å². The molecule has 0 atom stereocenters.